The number of amides is 1. The Kier molecular flexibility index (Phi) is 5.16. The first-order chi connectivity index (χ1) is 9.51. The minimum absolute atomic E-state index is 0.191. The van der Waals surface area contributed by atoms with Crippen LogP contribution in [0.25, 0.3) is 0 Å². The molecule has 0 aromatic rings. The van der Waals surface area contributed by atoms with Crippen LogP contribution in [0.5, 0.6) is 0 Å². The molecule has 4 N–H and O–H groups in total. The number of rotatable bonds is 0. The zero-order valence-corrected chi connectivity index (χ0v) is 12.4. The van der Waals surface area contributed by atoms with Gasteiger partial charge in [0.15, 0.2) is 0 Å². The van der Waals surface area contributed by atoms with E-state index in [-0.39, 0.29) is 6.09 Å². The van der Waals surface area contributed by atoms with Crippen molar-refractivity contribution in [2.75, 3.05) is 13.1 Å². The average Bonchev–Trinajstić information content (AvgIpc) is 2.36. The zero-order chi connectivity index (χ0) is 16.4. The normalized spacial score (nSPS) is 26.9. The Bertz CT molecular complexity index is 407. The number of fused-ring (bicyclic) bond motifs is 2. The van der Waals surface area contributed by atoms with Crippen LogP contribution in [0.1, 0.15) is 27.2 Å². The van der Waals surface area contributed by atoms with E-state index in [4.69, 9.17) is 30.3 Å². The highest BCUT2D eigenvalue weighted by atomic mass is 16.6. The number of carbonyl (C=O) groups is 3. The van der Waals surface area contributed by atoms with Crippen LogP contribution in [0.2, 0.25) is 0 Å². The summed E-state index contributed by atoms with van der Waals surface area (Å²) in [6, 6.07) is 0.309. The summed E-state index contributed by atoms with van der Waals surface area (Å²) in [5.74, 6) is -2.66. The van der Waals surface area contributed by atoms with Crippen LogP contribution in [0.3, 0.4) is 0 Å². The number of carboxylic acids is 2. The second-order valence-electron chi connectivity index (χ2n) is 6.33. The molecule has 2 bridgehead atoms. The van der Waals surface area contributed by atoms with Crippen LogP contribution < -0.4 is 5.73 Å². The molecule has 0 aromatic heterocycles. The molecule has 0 spiro atoms. The SMILES string of the molecule is CC(C)(C)OC(=O)N1CC2CC(C1)C2N.O=C(O)C(=O)O. The fraction of sp³-hybridized carbons (Fsp3) is 0.769. The lowest BCUT2D eigenvalue weighted by Gasteiger charge is -2.51. The molecule has 3 rings (SSSR count). The third-order valence-corrected chi connectivity index (χ3v) is 3.44. The highest BCUT2D eigenvalue weighted by molar-refractivity contribution is 6.27. The van der Waals surface area contributed by atoms with Crippen LogP contribution in [-0.2, 0) is 14.3 Å². The smallest absolute Gasteiger partial charge is 0.414 e. The lowest BCUT2D eigenvalue weighted by atomic mass is 9.67. The maximum atomic E-state index is 11.7. The van der Waals surface area contributed by atoms with Gasteiger partial charge in [-0.2, -0.15) is 0 Å². The van der Waals surface area contributed by atoms with E-state index in [0.29, 0.717) is 17.9 Å². The van der Waals surface area contributed by atoms with Gasteiger partial charge >= 0.3 is 18.0 Å². The van der Waals surface area contributed by atoms with Crippen LogP contribution in [0, 0.1) is 11.8 Å². The Labute approximate surface area is 122 Å². The van der Waals surface area contributed by atoms with Crippen LogP contribution in [0.15, 0.2) is 0 Å². The van der Waals surface area contributed by atoms with Gasteiger partial charge in [-0.3, -0.25) is 0 Å². The topological polar surface area (TPSA) is 130 Å². The fourth-order valence-corrected chi connectivity index (χ4v) is 2.40. The first-order valence-corrected chi connectivity index (χ1v) is 6.71. The van der Waals surface area contributed by atoms with E-state index < -0.39 is 17.5 Å². The highest BCUT2D eigenvalue weighted by Crippen LogP contribution is 2.38. The van der Waals surface area contributed by atoms with E-state index in [2.05, 4.69) is 0 Å². The molecule has 21 heavy (non-hydrogen) atoms. The van der Waals surface area contributed by atoms with E-state index in [9.17, 15) is 4.79 Å². The molecule has 2 saturated heterocycles. The van der Waals surface area contributed by atoms with Gasteiger partial charge in [0.25, 0.3) is 0 Å². The van der Waals surface area contributed by atoms with E-state index in [1.165, 1.54) is 6.42 Å². The van der Waals surface area contributed by atoms with E-state index in [1.807, 2.05) is 20.8 Å². The minimum Gasteiger partial charge on any atom is -0.473 e. The Balaban J connectivity index is 0.000000315. The van der Waals surface area contributed by atoms with Gasteiger partial charge in [0.05, 0.1) is 0 Å². The van der Waals surface area contributed by atoms with Crippen molar-refractivity contribution in [3.05, 3.63) is 0 Å². The minimum atomic E-state index is -1.82. The van der Waals surface area contributed by atoms with E-state index in [0.717, 1.165) is 13.1 Å². The number of carbonyl (C=O) groups excluding carboxylic acids is 1. The molecule has 2 heterocycles. The van der Waals surface area contributed by atoms with Gasteiger partial charge < -0.3 is 25.6 Å². The second kappa shape index (κ2) is 6.30. The van der Waals surface area contributed by atoms with Gasteiger partial charge in [-0.25, -0.2) is 14.4 Å². The Morgan fingerprint density at radius 3 is 1.81 bits per heavy atom. The van der Waals surface area contributed by atoms with Crippen LogP contribution in [0.4, 0.5) is 4.79 Å². The number of aliphatic carboxylic acids is 2. The lowest BCUT2D eigenvalue weighted by molar-refractivity contribution is -0.159. The highest BCUT2D eigenvalue weighted by Gasteiger charge is 2.46. The number of hydrogen-bond acceptors (Lipinski definition) is 5. The first kappa shape index (κ1) is 17.2. The van der Waals surface area contributed by atoms with E-state index in [1.54, 1.807) is 4.90 Å². The fourth-order valence-electron chi connectivity index (χ4n) is 2.40. The number of carboxylic acid groups (broad SMARTS) is 2. The molecule has 0 aromatic carbocycles. The molecule has 8 heteroatoms. The second-order valence-corrected chi connectivity index (χ2v) is 6.33. The molecule has 2 unspecified atom stereocenters. The van der Waals surface area contributed by atoms with Crippen molar-refractivity contribution in [2.45, 2.75) is 38.8 Å². The molecule has 120 valence electrons. The Morgan fingerprint density at radius 1 is 1.10 bits per heavy atom. The van der Waals surface area contributed by atoms with Crippen molar-refractivity contribution in [1.29, 1.82) is 0 Å². The van der Waals surface area contributed by atoms with Gasteiger partial charge in [-0.1, -0.05) is 0 Å². The molecular formula is C13H22N2O6. The third kappa shape index (κ3) is 4.89. The van der Waals surface area contributed by atoms with Gasteiger partial charge in [0, 0.05) is 19.1 Å². The predicted octanol–water partition coefficient (Wildman–Crippen LogP) is 0.356. The van der Waals surface area contributed by atoms with Gasteiger partial charge in [-0.15, -0.1) is 0 Å². The lowest BCUT2D eigenvalue weighted by Crippen LogP contribution is -2.63. The van der Waals surface area contributed by atoms with Gasteiger partial charge in [0.1, 0.15) is 5.60 Å². The molecule has 2 aliphatic heterocycles. The van der Waals surface area contributed by atoms with Crippen molar-refractivity contribution in [3.63, 3.8) is 0 Å². The summed E-state index contributed by atoms with van der Waals surface area (Å²) < 4.78 is 5.33. The monoisotopic (exact) mass is 302 g/mol. The number of hydrogen-bond donors (Lipinski definition) is 3. The summed E-state index contributed by atoms with van der Waals surface area (Å²) >= 11 is 0. The molecule has 1 saturated carbocycles. The summed E-state index contributed by atoms with van der Waals surface area (Å²) in [5, 5.41) is 14.8. The number of ether oxygens (including phenoxy) is 1. The maximum absolute atomic E-state index is 11.7. The van der Waals surface area contributed by atoms with Crippen LogP contribution >= 0.6 is 0 Å². The average molecular weight is 302 g/mol. The summed E-state index contributed by atoms with van der Waals surface area (Å²) in [5.41, 5.74) is 5.54. The Hall–Kier alpha value is -1.83. The molecule has 3 fully saturated rings. The standard InChI is InChI=1S/C11H20N2O2.C2H2O4/c1-11(2,3)15-10(14)13-5-7-4-8(6-13)9(7)12;3-1(4)2(5)6/h7-9H,4-6,12H2,1-3H3;(H,3,4)(H,5,6). The Morgan fingerprint density at radius 2 is 1.52 bits per heavy atom. The largest absolute Gasteiger partial charge is 0.473 e. The first-order valence-electron chi connectivity index (χ1n) is 6.71. The van der Waals surface area contributed by atoms with Crippen molar-refractivity contribution >= 4 is 18.0 Å². The van der Waals surface area contributed by atoms with E-state index >= 15 is 0 Å². The summed E-state index contributed by atoms with van der Waals surface area (Å²) in [4.78, 5) is 31.7. The number of nitrogens with zero attached hydrogens (tertiary/aromatic N) is 1. The molecule has 1 aliphatic carbocycles. The van der Waals surface area contributed by atoms with Gasteiger partial charge in [0.2, 0.25) is 0 Å². The van der Waals surface area contributed by atoms with Crippen molar-refractivity contribution in [1.82, 2.24) is 4.90 Å². The zero-order valence-electron chi connectivity index (χ0n) is 12.4. The molecule has 1 amide bonds. The molecular weight excluding hydrogens is 280 g/mol. The van der Waals surface area contributed by atoms with Crippen molar-refractivity contribution in [2.24, 2.45) is 17.6 Å². The van der Waals surface area contributed by atoms with Crippen molar-refractivity contribution in [3.8, 4) is 0 Å². The summed E-state index contributed by atoms with van der Waals surface area (Å²) in [6.07, 6.45) is 0.990. The molecule has 2 atom stereocenters. The van der Waals surface area contributed by atoms with Gasteiger partial charge in [-0.05, 0) is 39.0 Å². The predicted molar refractivity (Wildman–Crippen MR) is 72.7 cm³/mol. The molecule has 3 aliphatic rings. The third-order valence-electron chi connectivity index (χ3n) is 3.44. The maximum Gasteiger partial charge on any atom is 0.414 e. The molecule has 8 nitrogen and oxygen atoms in total. The number of nitrogens with two attached hydrogens (primary N) is 1. The summed E-state index contributed by atoms with van der Waals surface area (Å²) in [6.45, 7) is 7.21. The number of piperidine rings is 2. The summed E-state index contributed by atoms with van der Waals surface area (Å²) in [7, 11) is 0. The van der Waals surface area contributed by atoms with Crippen molar-refractivity contribution < 1.29 is 29.3 Å². The van der Waals surface area contributed by atoms with Crippen LogP contribution in [-0.4, -0.2) is 57.9 Å². The molecule has 0 radical (unpaired) electrons. The quantitative estimate of drug-likeness (QED) is 0.550.